The Morgan fingerprint density at radius 3 is 2.62 bits per heavy atom. The number of nitrogens with zero attached hydrogens (tertiary/aromatic N) is 2. The van der Waals surface area contributed by atoms with Crippen LogP contribution in [-0.4, -0.2) is 40.1 Å². The number of carbonyl (C=O) groups excluding carboxylic acids is 2. The summed E-state index contributed by atoms with van der Waals surface area (Å²) in [6.07, 6.45) is -0.132. The lowest BCUT2D eigenvalue weighted by atomic mass is 10.2. The molecule has 0 saturated carbocycles. The Labute approximate surface area is 129 Å². The number of amides is 2. The standard InChI is InChI=1S/C11H16F2N4O2S2/c1-3-7(18)14-6(4-5-20-2)9(19)15-11-17-16-10(21-11)8(12)13/h6,8H,3-5H2,1-2H3,(H,14,18)(H,15,17,19)/t6-/m1/s1. The Bertz CT molecular complexity index is 485. The van der Waals surface area contributed by atoms with Crippen molar-refractivity contribution in [2.45, 2.75) is 32.2 Å². The lowest BCUT2D eigenvalue weighted by Crippen LogP contribution is -2.43. The van der Waals surface area contributed by atoms with Crippen molar-refractivity contribution in [1.29, 1.82) is 0 Å². The third kappa shape index (κ3) is 5.92. The maximum absolute atomic E-state index is 12.4. The average molecular weight is 338 g/mol. The second kappa shape index (κ2) is 8.88. The number of alkyl halides is 2. The molecule has 0 spiro atoms. The summed E-state index contributed by atoms with van der Waals surface area (Å²) >= 11 is 2.15. The van der Waals surface area contributed by atoms with Gasteiger partial charge in [0, 0.05) is 6.42 Å². The molecule has 21 heavy (non-hydrogen) atoms. The van der Waals surface area contributed by atoms with E-state index in [0.717, 1.165) is 0 Å². The number of carbonyl (C=O) groups is 2. The smallest absolute Gasteiger partial charge is 0.291 e. The molecule has 118 valence electrons. The van der Waals surface area contributed by atoms with E-state index in [0.29, 0.717) is 23.5 Å². The van der Waals surface area contributed by atoms with E-state index in [1.165, 1.54) is 0 Å². The summed E-state index contributed by atoms with van der Waals surface area (Å²) in [7, 11) is 0. The van der Waals surface area contributed by atoms with E-state index in [9.17, 15) is 18.4 Å². The first-order valence-corrected chi connectivity index (χ1v) is 8.39. The Morgan fingerprint density at radius 1 is 1.38 bits per heavy atom. The molecule has 0 aliphatic rings. The molecule has 2 N–H and O–H groups in total. The van der Waals surface area contributed by atoms with Crippen molar-refractivity contribution in [3.63, 3.8) is 0 Å². The minimum atomic E-state index is -2.72. The molecule has 1 aromatic rings. The van der Waals surface area contributed by atoms with Crippen molar-refractivity contribution in [3.05, 3.63) is 5.01 Å². The molecule has 2 amide bonds. The van der Waals surface area contributed by atoms with Crippen LogP contribution in [0.1, 0.15) is 31.2 Å². The maximum Gasteiger partial charge on any atom is 0.291 e. The molecule has 6 nitrogen and oxygen atoms in total. The van der Waals surface area contributed by atoms with E-state index in [1.807, 2.05) is 6.26 Å². The van der Waals surface area contributed by atoms with Gasteiger partial charge in [-0.2, -0.15) is 11.8 Å². The molecule has 0 fully saturated rings. The fourth-order valence-corrected chi connectivity index (χ4v) is 2.44. The summed E-state index contributed by atoms with van der Waals surface area (Å²) in [6, 6.07) is -0.719. The highest BCUT2D eigenvalue weighted by Crippen LogP contribution is 2.25. The minimum Gasteiger partial charge on any atom is -0.344 e. The van der Waals surface area contributed by atoms with Crippen LogP contribution in [0.25, 0.3) is 0 Å². The molecular weight excluding hydrogens is 322 g/mol. The highest BCUT2D eigenvalue weighted by Gasteiger charge is 2.22. The van der Waals surface area contributed by atoms with E-state index in [4.69, 9.17) is 0 Å². The monoisotopic (exact) mass is 338 g/mol. The van der Waals surface area contributed by atoms with Gasteiger partial charge >= 0.3 is 0 Å². The summed E-state index contributed by atoms with van der Waals surface area (Å²) in [6.45, 7) is 1.68. The van der Waals surface area contributed by atoms with Crippen molar-refractivity contribution in [1.82, 2.24) is 15.5 Å². The fraction of sp³-hybridized carbons (Fsp3) is 0.636. The summed E-state index contributed by atoms with van der Waals surface area (Å²) in [5, 5.41) is 11.3. The van der Waals surface area contributed by atoms with E-state index >= 15 is 0 Å². The van der Waals surface area contributed by atoms with Crippen LogP contribution in [0.15, 0.2) is 0 Å². The lowest BCUT2D eigenvalue weighted by Gasteiger charge is -2.16. The van der Waals surface area contributed by atoms with Crippen LogP contribution in [0.5, 0.6) is 0 Å². The molecule has 0 aliphatic carbocycles. The minimum absolute atomic E-state index is 0.00445. The quantitative estimate of drug-likeness (QED) is 0.758. The number of aromatic nitrogens is 2. The van der Waals surface area contributed by atoms with E-state index < -0.39 is 23.4 Å². The molecule has 0 aromatic carbocycles. The number of halogens is 2. The van der Waals surface area contributed by atoms with Gasteiger partial charge in [-0.05, 0) is 18.4 Å². The van der Waals surface area contributed by atoms with Gasteiger partial charge in [-0.3, -0.25) is 14.9 Å². The predicted molar refractivity (Wildman–Crippen MR) is 78.7 cm³/mol. The van der Waals surface area contributed by atoms with Crippen molar-refractivity contribution in [2.75, 3.05) is 17.3 Å². The van der Waals surface area contributed by atoms with Crippen molar-refractivity contribution >= 4 is 40.0 Å². The van der Waals surface area contributed by atoms with Gasteiger partial charge in [-0.25, -0.2) is 8.78 Å². The topological polar surface area (TPSA) is 84.0 Å². The van der Waals surface area contributed by atoms with Crippen molar-refractivity contribution < 1.29 is 18.4 Å². The van der Waals surface area contributed by atoms with E-state index in [1.54, 1.807) is 18.7 Å². The van der Waals surface area contributed by atoms with Gasteiger partial charge in [-0.1, -0.05) is 18.3 Å². The molecule has 1 atom stereocenters. The van der Waals surface area contributed by atoms with Crippen LogP contribution in [0, 0.1) is 0 Å². The van der Waals surface area contributed by atoms with Crippen LogP contribution in [-0.2, 0) is 9.59 Å². The van der Waals surface area contributed by atoms with Gasteiger partial charge in [0.1, 0.15) is 6.04 Å². The number of hydrogen-bond acceptors (Lipinski definition) is 6. The zero-order valence-electron chi connectivity index (χ0n) is 11.6. The number of thioether (sulfide) groups is 1. The Kier molecular flexibility index (Phi) is 7.51. The van der Waals surface area contributed by atoms with Crippen LogP contribution in [0.2, 0.25) is 0 Å². The summed E-state index contributed by atoms with van der Waals surface area (Å²) in [4.78, 5) is 23.5. The third-order valence-electron chi connectivity index (χ3n) is 2.44. The fourth-order valence-electron chi connectivity index (χ4n) is 1.37. The maximum atomic E-state index is 12.4. The largest absolute Gasteiger partial charge is 0.344 e. The highest BCUT2D eigenvalue weighted by molar-refractivity contribution is 7.98. The Balaban J connectivity index is 2.67. The second-order valence-corrected chi connectivity index (χ2v) is 5.99. The molecule has 0 radical (unpaired) electrons. The van der Waals surface area contributed by atoms with E-state index in [-0.39, 0.29) is 17.5 Å². The predicted octanol–water partition coefficient (Wildman–Crippen LogP) is 2.06. The van der Waals surface area contributed by atoms with Crippen LogP contribution >= 0.6 is 23.1 Å². The lowest BCUT2D eigenvalue weighted by molar-refractivity contribution is -0.126. The van der Waals surface area contributed by atoms with E-state index in [2.05, 4.69) is 20.8 Å². The van der Waals surface area contributed by atoms with Crippen LogP contribution in [0.4, 0.5) is 13.9 Å². The molecule has 1 heterocycles. The first-order valence-electron chi connectivity index (χ1n) is 6.18. The summed E-state index contributed by atoms with van der Waals surface area (Å²) in [5.74, 6) is -0.0508. The average Bonchev–Trinajstić information content (AvgIpc) is 2.91. The summed E-state index contributed by atoms with van der Waals surface area (Å²) < 4.78 is 24.8. The van der Waals surface area contributed by atoms with Gasteiger partial charge in [-0.15, -0.1) is 10.2 Å². The van der Waals surface area contributed by atoms with Gasteiger partial charge < -0.3 is 5.32 Å². The van der Waals surface area contributed by atoms with Gasteiger partial charge in [0.25, 0.3) is 6.43 Å². The summed E-state index contributed by atoms with van der Waals surface area (Å²) in [5.41, 5.74) is 0. The van der Waals surface area contributed by atoms with Crippen LogP contribution in [0.3, 0.4) is 0 Å². The number of hydrogen-bond donors (Lipinski definition) is 2. The highest BCUT2D eigenvalue weighted by atomic mass is 32.2. The molecule has 0 bridgehead atoms. The first-order chi connectivity index (χ1) is 9.97. The third-order valence-corrected chi connectivity index (χ3v) is 3.93. The molecule has 0 unspecified atom stereocenters. The van der Waals surface area contributed by atoms with Crippen molar-refractivity contribution in [3.8, 4) is 0 Å². The van der Waals surface area contributed by atoms with Gasteiger partial charge in [0.2, 0.25) is 16.9 Å². The Morgan fingerprint density at radius 2 is 2.10 bits per heavy atom. The SMILES string of the molecule is CCC(=O)N[C@H](CCSC)C(=O)Nc1nnc(C(F)F)s1. The number of nitrogens with one attached hydrogen (secondary N) is 2. The molecule has 0 aliphatic heterocycles. The molecule has 1 aromatic heterocycles. The molecule has 0 saturated heterocycles. The molecule has 10 heteroatoms. The normalized spacial score (nSPS) is 12.2. The number of rotatable bonds is 8. The Hall–Kier alpha value is -1.29. The van der Waals surface area contributed by atoms with Gasteiger partial charge in [0.05, 0.1) is 0 Å². The van der Waals surface area contributed by atoms with Crippen LogP contribution < -0.4 is 10.6 Å². The molecule has 1 rings (SSSR count). The second-order valence-electron chi connectivity index (χ2n) is 3.99. The zero-order valence-corrected chi connectivity index (χ0v) is 13.2. The van der Waals surface area contributed by atoms with Gasteiger partial charge in [0.15, 0.2) is 5.01 Å². The molecular formula is C11H16F2N4O2S2. The number of anilines is 1. The first kappa shape index (κ1) is 17.8. The zero-order chi connectivity index (χ0) is 15.8. The van der Waals surface area contributed by atoms with Crippen molar-refractivity contribution in [2.24, 2.45) is 0 Å².